The monoisotopic (exact) mass is 348 g/mol. The summed E-state index contributed by atoms with van der Waals surface area (Å²) >= 11 is 0. The van der Waals surface area contributed by atoms with E-state index in [1.54, 1.807) is 26.0 Å². The van der Waals surface area contributed by atoms with Gasteiger partial charge in [-0.3, -0.25) is 4.79 Å². The summed E-state index contributed by atoms with van der Waals surface area (Å²) in [5, 5.41) is 0. The number of methoxy groups -OCH3 is 1. The van der Waals surface area contributed by atoms with Crippen molar-refractivity contribution in [2.45, 2.75) is 32.1 Å². The third kappa shape index (κ3) is 4.14. The molecule has 0 amide bonds. The molecule has 0 aromatic heterocycles. The lowest BCUT2D eigenvalue weighted by molar-refractivity contribution is -0.139. The van der Waals surface area contributed by atoms with Crippen LogP contribution in [0.25, 0.3) is 0 Å². The van der Waals surface area contributed by atoms with Crippen molar-refractivity contribution in [2.75, 3.05) is 7.11 Å². The summed E-state index contributed by atoms with van der Waals surface area (Å²) in [7, 11) is -2.61. The molecular weight excluding hydrogens is 328 g/mol. The maximum absolute atomic E-state index is 12.6. The van der Waals surface area contributed by atoms with Gasteiger partial charge in [0.25, 0.3) is 0 Å². The van der Waals surface area contributed by atoms with Crippen molar-refractivity contribution in [2.24, 2.45) is 0 Å². The minimum Gasteiger partial charge on any atom is -0.469 e. The van der Waals surface area contributed by atoms with Crippen LogP contribution in [-0.4, -0.2) is 21.5 Å². The maximum Gasteiger partial charge on any atom is 0.339 e. The Hall–Kier alpha value is -2.34. The lowest BCUT2D eigenvalue weighted by Gasteiger charge is -2.13. The molecule has 0 aliphatic rings. The van der Waals surface area contributed by atoms with E-state index in [1.807, 2.05) is 19.1 Å². The average Bonchev–Trinajstić information content (AvgIpc) is 2.47. The lowest BCUT2D eigenvalue weighted by atomic mass is 10.1. The molecule has 0 N–H and O–H groups in total. The molecule has 2 aromatic carbocycles. The average molecular weight is 348 g/mol. The van der Waals surface area contributed by atoms with Crippen LogP contribution in [0.15, 0.2) is 41.3 Å². The summed E-state index contributed by atoms with van der Waals surface area (Å²) in [4.78, 5) is 11.4. The number of hydrogen-bond donors (Lipinski definition) is 0. The summed E-state index contributed by atoms with van der Waals surface area (Å²) < 4.78 is 35.0. The predicted molar refractivity (Wildman–Crippen MR) is 90.6 cm³/mol. The molecule has 0 heterocycles. The number of carbonyl (C=O) groups is 1. The molecule has 2 rings (SSSR count). The predicted octanol–water partition coefficient (Wildman–Crippen LogP) is 3.10. The second-order valence-corrected chi connectivity index (χ2v) is 7.15. The van der Waals surface area contributed by atoms with Crippen molar-refractivity contribution in [1.29, 1.82) is 0 Å². The summed E-state index contributed by atoms with van der Waals surface area (Å²) in [6, 6.07) is 9.93. The van der Waals surface area contributed by atoms with Gasteiger partial charge in [0.15, 0.2) is 0 Å². The molecule has 5 nitrogen and oxygen atoms in total. The summed E-state index contributed by atoms with van der Waals surface area (Å²) in [6.45, 7) is 5.41. The molecule has 0 aliphatic carbocycles. The van der Waals surface area contributed by atoms with Crippen molar-refractivity contribution in [3.8, 4) is 5.75 Å². The zero-order chi connectivity index (χ0) is 17.9. The number of benzene rings is 2. The van der Waals surface area contributed by atoms with E-state index in [9.17, 15) is 13.2 Å². The quantitative estimate of drug-likeness (QED) is 0.613. The van der Waals surface area contributed by atoms with E-state index >= 15 is 0 Å². The molecule has 0 fully saturated rings. The highest BCUT2D eigenvalue weighted by Gasteiger charge is 2.22. The molecule has 0 spiro atoms. The zero-order valence-electron chi connectivity index (χ0n) is 14.1. The Morgan fingerprint density at radius 3 is 2.04 bits per heavy atom. The Morgan fingerprint density at radius 1 is 1.00 bits per heavy atom. The molecule has 0 radical (unpaired) electrons. The van der Waals surface area contributed by atoms with Crippen molar-refractivity contribution >= 4 is 16.1 Å². The van der Waals surface area contributed by atoms with Crippen molar-refractivity contribution in [3.63, 3.8) is 0 Å². The van der Waals surface area contributed by atoms with Crippen LogP contribution in [-0.2, 0) is 26.1 Å². The topological polar surface area (TPSA) is 69.7 Å². The fraction of sp³-hybridized carbons (Fsp3) is 0.278. The minimum absolute atomic E-state index is 0.125. The van der Waals surface area contributed by atoms with Crippen molar-refractivity contribution in [1.82, 2.24) is 0 Å². The van der Waals surface area contributed by atoms with Gasteiger partial charge in [-0.2, -0.15) is 8.42 Å². The van der Waals surface area contributed by atoms with Gasteiger partial charge in [-0.15, -0.1) is 0 Å². The van der Waals surface area contributed by atoms with Crippen molar-refractivity contribution in [3.05, 3.63) is 58.7 Å². The Kier molecular flexibility index (Phi) is 5.29. The summed E-state index contributed by atoms with van der Waals surface area (Å²) in [5.41, 5.74) is 3.01. The van der Waals surface area contributed by atoms with E-state index in [-0.39, 0.29) is 23.0 Å². The summed E-state index contributed by atoms with van der Waals surface area (Å²) in [6.07, 6.45) is 0.125. The van der Waals surface area contributed by atoms with Crippen LogP contribution in [0.3, 0.4) is 0 Å². The van der Waals surface area contributed by atoms with E-state index in [0.717, 1.165) is 5.56 Å². The van der Waals surface area contributed by atoms with E-state index in [4.69, 9.17) is 4.18 Å². The van der Waals surface area contributed by atoms with E-state index in [0.29, 0.717) is 16.7 Å². The first-order chi connectivity index (χ1) is 11.2. The van der Waals surface area contributed by atoms with E-state index in [1.165, 1.54) is 19.2 Å². The minimum atomic E-state index is -3.92. The summed E-state index contributed by atoms with van der Waals surface area (Å²) in [5.74, 6) is -0.162. The number of aryl methyl sites for hydroxylation is 3. The Morgan fingerprint density at radius 2 is 1.54 bits per heavy atom. The van der Waals surface area contributed by atoms with Crippen LogP contribution in [0.4, 0.5) is 0 Å². The van der Waals surface area contributed by atoms with Gasteiger partial charge in [-0.05, 0) is 49.6 Å². The lowest BCUT2D eigenvalue weighted by Crippen LogP contribution is -2.13. The first-order valence-corrected chi connectivity index (χ1v) is 8.82. The fourth-order valence-corrected chi connectivity index (χ4v) is 3.99. The number of hydrogen-bond acceptors (Lipinski definition) is 5. The molecule has 0 atom stereocenters. The van der Waals surface area contributed by atoms with Crippen molar-refractivity contribution < 1.29 is 22.1 Å². The molecule has 0 bridgehead atoms. The second kappa shape index (κ2) is 7.05. The molecule has 24 heavy (non-hydrogen) atoms. The largest absolute Gasteiger partial charge is 0.469 e. The first-order valence-electron chi connectivity index (χ1n) is 7.41. The van der Waals surface area contributed by atoms with Crippen LogP contribution < -0.4 is 4.18 Å². The van der Waals surface area contributed by atoms with Gasteiger partial charge in [-0.25, -0.2) is 0 Å². The van der Waals surface area contributed by atoms with E-state index in [2.05, 4.69) is 4.74 Å². The molecule has 2 aromatic rings. The fourth-order valence-electron chi connectivity index (χ4n) is 2.63. The molecule has 0 saturated heterocycles. The third-order valence-electron chi connectivity index (χ3n) is 3.56. The van der Waals surface area contributed by atoms with Gasteiger partial charge in [-0.1, -0.05) is 29.8 Å². The van der Waals surface area contributed by atoms with Gasteiger partial charge < -0.3 is 8.92 Å². The molecule has 6 heteroatoms. The Balaban J connectivity index is 2.25. The SMILES string of the molecule is COC(=O)Cc1ccc(OS(=O)(=O)c2c(C)cc(C)cc2C)cc1. The van der Waals surface area contributed by atoms with Crippen LogP contribution in [0.2, 0.25) is 0 Å². The van der Waals surface area contributed by atoms with E-state index < -0.39 is 10.1 Å². The normalized spacial score (nSPS) is 11.2. The highest BCUT2D eigenvalue weighted by atomic mass is 32.2. The zero-order valence-corrected chi connectivity index (χ0v) is 14.9. The highest BCUT2D eigenvalue weighted by molar-refractivity contribution is 7.87. The number of esters is 1. The first kappa shape index (κ1) is 18.0. The van der Waals surface area contributed by atoms with Gasteiger partial charge in [0, 0.05) is 0 Å². The second-order valence-electron chi connectivity index (χ2n) is 5.66. The standard InChI is InChI=1S/C18H20O5S/c1-12-9-13(2)18(14(3)10-12)24(20,21)23-16-7-5-15(6-8-16)11-17(19)22-4/h5-10H,11H2,1-4H3. The van der Waals surface area contributed by atoms with Gasteiger partial charge in [0.1, 0.15) is 10.6 Å². The van der Waals surface area contributed by atoms with Gasteiger partial charge in [0.05, 0.1) is 13.5 Å². The van der Waals surface area contributed by atoms with Crippen LogP contribution in [0.5, 0.6) is 5.75 Å². The van der Waals surface area contributed by atoms with Crippen LogP contribution in [0.1, 0.15) is 22.3 Å². The third-order valence-corrected chi connectivity index (χ3v) is 5.12. The molecular formula is C18H20O5S. The highest BCUT2D eigenvalue weighted by Crippen LogP contribution is 2.25. The van der Waals surface area contributed by atoms with Gasteiger partial charge >= 0.3 is 16.1 Å². The number of rotatable bonds is 5. The molecule has 0 saturated carbocycles. The smallest absolute Gasteiger partial charge is 0.339 e. The maximum atomic E-state index is 12.6. The van der Waals surface area contributed by atoms with Gasteiger partial charge in [0.2, 0.25) is 0 Å². The number of carbonyl (C=O) groups excluding carboxylic acids is 1. The van der Waals surface area contributed by atoms with Crippen LogP contribution >= 0.6 is 0 Å². The molecule has 0 unspecified atom stereocenters. The Labute approximate surface area is 142 Å². The number of ether oxygens (including phenoxy) is 1. The molecule has 0 aliphatic heterocycles. The Bertz CT molecular complexity index is 828. The molecule has 128 valence electrons. The van der Waals surface area contributed by atoms with Crippen LogP contribution in [0, 0.1) is 20.8 Å².